The highest BCUT2D eigenvalue weighted by Crippen LogP contribution is 2.21. The number of ketones is 1. The summed E-state index contributed by atoms with van der Waals surface area (Å²) in [5.41, 5.74) is 1.90. The van der Waals surface area contributed by atoms with Crippen molar-refractivity contribution in [2.45, 2.75) is 19.8 Å². The van der Waals surface area contributed by atoms with E-state index in [1.807, 2.05) is 25.1 Å². The van der Waals surface area contributed by atoms with Gasteiger partial charge in [-0.3, -0.25) is 14.4 Å². The standard InChI is InChI=1S/C22H22FNO4/c1-15-4-2-3-5-19(15)21(26)24-12-10-17(11-13-24)22(27)28-14-20(25)16-6-8-18(23)9-7-16/h2-9,17H,10-14H2,1H3. The zero-order chi connectivity index (χ0) is 20.1. The molecule has 1 saturated heterocycles. The van der Waals surface area contributed by atoms with Crippen molar-refractivity contribution in [1.29, 1.82) is 0 Å². The fourth-order valence-corrected chi connectivity index (χ4v) is 3.28. The molecule has 6 heteroatoms. The van der Waals surface area contributed by atoms with Crippen LogP contribution >= 0.6 is 0 Å². The molecule has 0 radical (unpaired) electrons. The van der Waals surface area contributed by atoms with E-state index in [-0.39, 0.29) is 24.2 Å². The third-order valence-corrected chi connectivity index (χ3v) is 5.00. The van der Waals surface area contributed by atoms with E-state index >= 15 is 0 Å². The highest BCUT2D eigenvalue weighted by molar-refractivity contribution is 5.98. The van der Waals surface area contributed by atoms with Gasteiger partial charge in [-0.05, 0) is 55.7 Å². The second-order valence-electron chi connectivity index (χ2n) is 6.92. The van der Waals surface area contributed by atoms with Gasteiger partial charge in [0.05, 0.1) is 5.92 Å². The lowest BCUT2D eigenvalue weighted by Gasteiger charge is -2.31. The molecule has 1 fully saturated rings. The van der Waals surface area contributed by atoms with Crippen LogP contribution in [0.15, 0.2) is 48.5 Å². The Morgan fingerprint density at radius 2 is 1.68 bits per heavy atom. The Hall–Kier alpha value is -3.02. The largest absolute Gasteiger partial charge is 0.457 e. The number of ether oxygens (including phenoxy) is 1. The monoisotopic (exact) mass is 383 g/mol. The summed E-state index contributed by atoms with van der Waals surface area (Å²) < 4.78 is 18.0. The summed E-state index contributed by atoms with van der Waals surface area (Å²) in [5.74, 6) is -1.60. The van der Waals surface area contributed by atoms with Crippen molar-refractivity contribution < 1.29 is 23.5 Å². The molecule has 3 rings (SSSR count). The van der Waals surface area contributed by atoms with Gasteiger partial charge < -0.3 is 9.64 Å². The molecule has 1 heterocycles. The first-order valence-corrected chi connectivity index (χ1v) is 9.26. The van der Waals surface area contributed by atoms with E-state index in [2.05, 4.69) is 0 Å². The molecule has 28 heavy (non-hydrogen) atoms. The van der Waals surface area contributed by atoms with Gasteiger partial charge in [0.1, 0.15) is 5.82 Å². The first-order valence-electron chi connectivity index (χ1n) is 9.26. The van der Waals surface area contributed by atoms with Gasteiger partial charge in [-0.2, -0.15) is 0 Å². The minimum Gasteiger partial charge on any atom is -0.457 e. The predicted molar refractivity (Wildman–Crippen MR) is 101 cm³/mol. The number of benzene rings is 2. The molecule has 0 unspecified atom stereocenters. The minimum absolute atomic E-state index is 0.0311. The molecule has 0 aromatic heterocycles. The molecule has 1 amide bonds. The van der Waals surface area contributed by atoms with Crippen LogP contribution in [0.2, 0.25) is 0 Å². The summed E-state index contributed by atoms with van der Waals surface area (Å²) in [6.07, 6.45) is 1.00. The number of amides is 1. The number of piperidine rings is 1. The zero-order valence-corrected chi connectivity index (χ0v) is 15.7. The Morgan fingerprint density at radius 1 is 1.04 bits per heavy atom. The van der Waals surface area contributed by atoms with Crippen molar-refractivity contribution in [1.82, 2.24) is 4.90 Å². The van der Waals surface area contributed by atoms with Crippen LogP contribution in [-0.2, 0) is 9.53 Å². The maximum absolute atomic E-state index is 12.9. The van der Waals surface area contributed by atoms with E-state index in [4.69, 9.17) is 4.74 Å². The number of aryl methyl sites for hydroxylation is 1. The number of carbonyl (C=O) groups is 3. The van der Waals surface area contributed by atoms with Gasteiger partial charge in [0.2, 0.25) is 0 Å². The number of carbonyl (C=O) groups excluding carboxylic acids is 3. The highest BCUT2D eigenvalue weighted by atomic mass is 19.1. The van der Waals surface area contributed by atoms with Gasteiger partial charge in [-0.15, -0.1) is 0 Å². The number of rotatable bonds is 5. The Bertz CT molecular complexity index is 870. The van der Waals surface area contributed by atoms with Gasteiger partial charge >= 0.3 is 5.97 Å². The smallest absolute Gasteiger partial charge is 0.309 e. The van der Waals surface area contributed by atoms with Crippen LogP contribution in [0.1, 0.15) is 39.1 Å². The summed E-state index contributed by atoms with van der Waals surface area (Å²) in [4.78, 5) is 38.6. The number of hydrogen-bond acceptors (Lipinski definition) is 4. The first kappa shape index (κ1) is 19.7. The maximum Gasteiger partial charge on any atom is 0.309 e. The molecular weight excluding hydrogens is 361 g/mol. The van der Waals surface area contributed by atoms with Crippen LogP contribution in [0.3, 0.4) is 0 Å². The van der Waals surface area contributed by atoms with Crippen LogP contribution in [0.4, 0.5) is 4.39 Å². The highest BCUT2D eigenvalue weighted by Gasteiger charge is 2.29. The molecule has 5 nitrogen and oxygen atoms in total. The molecule has 0 saturated carbocycles. The number of hydrogen-bond donors (Lipinski definition) is 0. The van der Waals surface area contributed by atoms with Crippen molar-refractivity contribution >= 4 is 17.7 Å². The van der Waals surface area contributed by atoms with Crippen LogP contribution in [-0.4, -0.2) is 42.3 Å². The summed E-state index contributed by atoms with van der Waals surface area (Å²) in [7, 11) is 0. The molecule has 146 valence electrons. The van der Waals surface area contributed by atoms with Crippen molar-refractivity contribution in [2.24, 2.45) is 5.92 Å². The Morgan fingerprint density at radius 3 is 2.32 bits per heavy atom. The lowest BCUT2D eigenvalue weighted by Crippen LogP contribution is -2.41. The molecule has 0 aliphatic carbocycles. The van der Waals surface area contributed by atoms with E-state index in [1.54, 1.807) is 11.0 Å². The fourth-order valence-electron chi connectivity index (χ4n) is 3.28. The molecule has 0 bridgehead atoms. The Labute approximate surface area is 163 Å². The van der Waals surface area contributed by atoms with Crippen molar-refractivity contribution in [2.75, 3.05) is 19.7 Å². The number of esters is 1. The van der Waals surface area contributed by atoms with Crippen LogP contribution < -0.4 is 0 Å². The van der Waals surface area contributed by atoms with E-state index in [0.29, 0.717) is 37.1 Å². The van der Waals surface area contributed by atoms with E-state index in [0.717, 1.165) is 5.56 Å². The molecule has 1 aliphatic rings. The maximum atomic E-state index is 12.9. The molecule has 0 N–H and O–H groups in total. The average molecular weight is 383 g/mol. The van der Waals surface area contributed by atoms with E-state index in [9.17, 15) is 18.8 Å². The average Bonchev–Trinajstić information content (AvgIpc) is 2.72. The topological polar surface area (TPSA) is 63.7 Å². The summed E-state index contributed by atoms with van der Waals surface area (Å²) in [5, 5.41) is 0. The predicted octanol–water partition coefficient (Wildman–Crippen LogP) is 3.41. The number of likely N-dealkylation sites (tertiary alicyclic amines) is 1. The van der Waals surface area contributed by atoms with Crippen LogP contribution in [0.25, 0.3) is 0 Å². The number of nitrogens with zero attached hydrogens (tertiary/aromatic N) is 1. The minimum atomic E-state index is -0.432. The second kappa shape index (κ2) is 8.78. The molecular formula is C22H22FNO4. The normalized spacial score (nSPS) is 14.6. The lowest BCUT2D eigenvalue weighted by molar-refractivity contribution is -0.148. The van der Waals surface area contributed by atoms with E-state index in [1.165, 1.54) is 24.3 Å². The Balaban J connectivity index is 1.48. The zero-order valence-electron chi connectivity index (χ0n) is 15.7. The third kappa shape index (κ3) is 4.63. The third-order valence-electron chi connectivity index (χ3n) is 5.00. The van der Waals surface area contributed by atoms with Gasteiger partial charge in [-0.1, -0.05) is 18.2 Å². The SMILES string of the molecule is Cc1ccccc1C(=O)N1CCC(C(=O)OCC(=O)c2ccc(F)cc2)CC1. The number of halogens is 1. The first-order chi connectivity index (χ1) is 13.5. The van der Waals surface area contributed by atoms with Gasteiger partial charge in [0.25, 0.3) is 5.91 Å². The molecule has 2 aromatic carbocycles. The van der Waals surface area contributed by atoms with Crippen molar-refractivity contribution in [3.63, 3.8) is 0 Å². The van der Waals surface area contributed by atoms with Gasteiger partial charge in [0, 0.05) is 24.2 Å². The summed E-state index contributed by atoms with van der Waals surface area (Å²) in [6.45, 7) is 2.47. The van der Waals surface area contributed by atoms with Gasteiger partial charge in [0.15, 0.2) is 12.4 Å². The van der Waals surface area contributed by atoms with Crippen LogP contribution in [0, 0.1) is 18.7 Å². The quantitative estimate of drug-likeness (QED) is 0.586. The lowest BCUT2D eigenvalue weighted by atomic mass is 9.96. The fraction of sp³-hybridized carbons (Fsp3) is 0.318. The second-order valence-corrected chi connectivity index (χ2v) is 6.92. The molecule has 0 spiro atoms. The van der Waals surface area contributed by atoms with E-state index < -0.39 is 11.8 Å². The van der Waals surface area contributed by atoms with Crippen molar-refractivity contribution in [3.05, 3.63) is 71.0 Å². The van der Waals surface area contributed by atoms with Crippen LogP contribution in [0.5, 0.6) is 0 Å². The number of Topliss-reactive ketones (excluding diaryl/α,β-unsaturated/α-hetero) is 1. The molecule has 0 atom stereocenters. The Kier molecular flexibility index (Phi) is 6.19. The van der Waals surface area contributed by atoms with Gasteiger partial charge in [-0.25, -0.2) is 4.39 Å². The molecule has 2 aromatic rings. The molecule has 1 aliphatic heterocycles. The van der Waals surface area contributed by atoms with Crippen molar-refractivity contribution in [3.8, 4) is 0 Å². The summed E-state index contributed by atoms with van der Waals surface area (Å²) in [6, 6.07) is 12.5. The summed E-state index contributed by atoms with van der Waals surface area (Å²) >= 11 is 0.